The molecule has 3 N–H and O–H groups in total. The third kappa shape index (κ3) is 1.88. The molecule has 0 saturated carbocycles. The second kappa shape index (κ2) is 4.74. The predicted octanol–water partition coefficient (Wildman–Crippen LogP) is -0.865. The lowest BCUT2D eigenvalue weighted by atomic mass is 9.99. The molecular formula is C12H16N4O4. The van der Waals surface area contributed by atoms with E-state index in [1.807, 2.05) is 0 Å². The molecule has 20 heavy (non-hydrogen) atoms. The van der Waals surface area contributed by atoms with Gasteiger partial charge >= 0.3 is 0 Å². The maximum Gasteiger partial charge on any atom is 0.165 e. The third-order valence-electron chi connectivity index (χ3n) is 3.64. The standard InChI is InChI=1S/C12H16N4O4/c1-5-7-11(14-3-13-5)16(4-15-7)12-10(19)9(18)8(17)6(2)20-12/h3-4,6,8-10,12,17-19H,1-2H3/t6-,8+,9+,10+,12-/m1/s1. The summed E-state index contributed by atoms with van der Waals surface area (Å²) in [7, 11) is 0. The quantitative estimate of drug-likeness (QED) is 0.622. The number of hydrogen-bond donors (Lipinski definition) is 3. The highest BCUT2D eigenvalue weighted by Crippen LogP contribution is 2.30. The van der Waals surface area contributed by atoms with Crippen molar-refractivity contribution in [3.8, 4) is 0 Å². The molecule has 3 rings (SSSR count). The Morgan fingerprint density at radius 3 is 2.60 bits per heavy atom. The Bertz CT molecular complexity index is 631. The lowest BCUT2D eigenvalue weighted by Gasteiger charge is -2.39. The van der Waals surface area contributed by atoms with Crippen LogP contribution in [0.1, 0.15) is 18.8 Å². The van der Waals surface area contributed by atoms with Crippen LogP contribution in [0, 0.1) is 6.92 Å². The fourth-order valence-corrected chi connectivity index (χ4v) is 2.41. The van der Waals surface area contributed by atoms with E-state index in [1.54, 1.807) is 18.4 Å². The molecule has 0 unspecified atom stereocenters. The van der Waals surface area contributed by atoms with Gasteiger partial charge in [-0.25, -0.2) is 15.0 Å². The highest BCUT2D eigenvalue weighted by molar-refractivity contribution is 5.72. The van der Waals surface area contributed by atoms with Crippen molar-refractivity contribution in [2.24, 2.45) is 0 Å². The summed E-state index contributed by atoms with van der Waals surface area (Å²) in [4.78, 5) is 12.4. The summed E-state index contributed by atoms with van der Waals surface area (Å²) in [6, 6.07) is 0. The summed E-state index contributed by atoms with van der Waals surface area (Å²) in [6.07, 6.45) is -2.27. The lowest BCUT2D eigenvalue weighted by molar-refractivity contribution is -0.239. The molecular weight excluding hydrogens is 264 g/mol. The Morgan fingerprint density at radius 1 is 1.10 bits per heavy atom. The fraction of sp³-hybridized carbons (Fsp3) is 0.583. The maximum absolute atomic E-state index is 10.1. The number of aromatic nitrogens is 4. The minimum absolute atomic E-state index is 0.511. The van der Waals surface area contributed by atoms with E-state index in [1.165, 1.54) is 12.7 Å². The molecule has 1 aliphatic rings. The fourth-order valence-electron chi connectivity index (χ4n) is 2.41. The molecule has 2 aromatic rings. The zero-order valence-corrected chi connectivity index (χ0v) is 11.1. The van der Waals surface area contributed by atoms with Crippen molar-refractivity contribution < 1.29 is 20.1 Å². The number of aliphatic hydroxyl groups is 3. The van der Waals surface area contributed by atoms with E-state index in [0.717, 1.165) is 0 Å². The predicted molar refractivity (Wildman–Crippen MR) is 67.7 cm³/mol. The second-order valence-electron chi connectivity index (χ2n) is 4.99. The smallest absolute Gasteiger partial charge is 0.165 e. The summed E-state index contributed by atoms with van der Waals surface area (Å²) < 4.78 is 7.12. The minimum Gasteiger partial charge on any atom is -0.388 e. The van der Waals surface area contributed by atoms with Gasteiger partial charge in [0.25, 0.3) is 0 Å². The van der Waals surface area contributed by atoms with Crippen LogP contribution in [0.5, 0.6) is 0 Å². The molecule has 8 nitrogen and oxygen atoms in total. The molecule has 0 radical (unpaired) electrons. The number of nitrogens with zero attached hydrogens (tertiary/aromatic N) is 4. The second-order valence-corrected chi connectivity index (χ2v) is 4.99. The van der Waals surface area contributed by atoms with E-state index in [-0.39, 0.29) is 0 Å². The van der Waals surface area contributed by atoms with Crippen LogP contribution in [-0.4, -0.2) is 59.3 Å². The first-order chi connectivity index (χ1) is 9.50. The molecule has 1 fully saturated rings. The Morgan fingerprint density at radius 2 is 1.85 bits per heavy atom. The van der Waals surface area contributed by atoms with E-state index < -0.39 is 30.6 Å². The van der Waals surface area contributed by atoms with E-state index in [9.17, 15) is 15.3 Å². The monoisotopic (exact) mass is 280 g/mol. The SMILES string of the molecule is Cc1ncnc2c1ncn2[C@@H]1O[C@H](C)[C@H](O)[C@H](O)[C@@H]1O. The molecule has 2 aromatic heterocycles. The molecule has 0 amide bonds. The van der Waals surface area contributed by atoms with Crippen LogP contribution < -0.4 is 0 Å². The van der Waals surface area contributed by atoms with Crippen LogP contribution in [-0.2, 0) is 4.74 Å². The van der Waals surface area contributed by atoms with Gasteiger partial charge in [0.15, 0.2) is 11.9 Å². The highest BCUT2D eigenvalue weighted by Gasteiger charge is 2.43. The van der Waals surface area contributed by atoms with Gasteiger partial charge in [-0.05, 0) is 13.8 Å². The van der Waals surface area contributed by atoms with Crippen LogP contribution in [0.2, 0.25) is 0 Å². The number of ether oxygens (including phenoxy) is 1. The Kier molecular flexibility index (Phi) is 3.17. The zero-order chi connectivity index (χ0) is 14.4. The number of fused-ring (bicyclic) bond motifs is 1. The van der Waals surface area contributed by atoms with Gasteiger partial charge in [-0.3, -0.25) is 4.57 Å². The molecule has 108 valence electrons. The molecule has 1 aliphatic heterocycles. The van der Waals surface area contributed by atoms with Gasteiger partial charge < -0.3 is 20.1 Å². The number of imidazole rings is 1. The molecule has 0 spiro atoms. The summed E-state index contributed by atoms with van der Waals surface area (Å²) in [6.45, 7) is 3.44. The zero-order valence-electron chi connectivity index (χ0n) is 11.1. The van der Waals surface area contributed by atoms with Crippen LogP contribution >= 0.6 is 0 Å². The van der Waals surface area contributed by atoms with Gasteiger partial charge in [0.05, 0.1) is 18.1 Å². The van der Waals surface area contributed by atoms with Gasteiger partial charge in [-0.2, -0.15) is 0 Å². The lowest BCUT2D eigenvalue weighted by Crippen LogP contribution is -2.54. The van der Waals surface area contributed by atoms with Crippen molar-refractivity contribution in [2.75, 3.05) is 0 Å². The first-order valence-corrected chi connectivity index (χ1v) is 6.34. The first kappa shape index (κ1) is 13.4. The summed E-state index contributed by atoms with van der Waals surface area (Å²) >= 11 is 0. The van der Waals surface area contributed by atoms with Gasteiger partial charge in [-0.1, -0.05) is 0 Å². The van der Waals surface area contributed by atoms with Crippen molar-refractivity contribution in [3.05, 3.63) is 18.3 Å². The number of rotatable bonds is 1. The van der Waals surface area contributed by atoms with Gasteiger partial charge in [0, 0.05) is 0 Å². The van der Waals surface area contributed by atoms with Crippen LogP contribution in [0.25, 0.3) is 11.2 Å². The number of aryl methyl sites for hydroxylation is 1. The van der Waals surface area contributed by atoms with Crippen molar-refractivity contribution in [2.45, 2.75) is 44.5 Å². The van der Waals surface area contributed by atoms with Crippen LogP contribution in [0.15, 0.2) is 12.7 Å². The summed E-state index contributed by atoms with van der Waals surface area (Å²) in [5, 5.41) is 29.7. The van der Waals surface area contributed by atoms with E-state index >= 15 is 0 Å². The minimum atomic E-state index is -1.29. The van der Waals surface area contributed by atoms with Crippen LogP contribution in [0.3, 0.4) is 0 Å². The highest BCUT2D eigenvalue weighted by atomic mass is 16.5. The molecule has 5 atom stereocenters. The number of aliphatic hydroxyl groups excluding tert-OH is 3. The third-order valence-corrected chi connectivity index (χ3v) is 3.64. The normalized spacial score (nSPS) is 34.5. The van der Waals surface area contributed by atoms with Crippen molar-refractivity contribution in [1.29, 1.82) is 0 Å². The molecule has 3 heterocycles. The number of hydrogen-bond acceptors (Lipinski definition) is 7. The van der Waals surface area contributed by atoms with Gasteiger partial charge in [0.1, 0.15) is 30.2 Å². The van der Waals surface area contributed by atoms with Crippen LogP contribution in [0.4, 0.5) is 0 Å². The molecule has 0 aromatic carbocycles. The largest absolute Gasteiger partial charge is 0.388 e. The summed E-state index contributed by atoms with van der Waals surface area (Å²) in [5.41, 5.74) is 1.83. The van der Waals surface area contributed by atoms with Gasteiger partial charge in [-0.15, -0.1) is 0 Å². The van der Waals surface area contributed by atoms with E-state index in [4.69, 9.17) is 4.74 Å². The van der Waals surface area contributed by atoms with E-state index in [2.05, 4.69) is 15.0 Å². The maximum atomic E-state index is 10.1. The Balaban J connectivity index is 2.04. The summed E-state index contributed by atoms with van der Waals surface area (Å²) in [5.74, 6) is 0. The topological polar surface area (TPSA) is 114 Å². The van der Waals surface area contributed by atoms with Crippen molar-refractivity contribution >= 4 is 11.2 Å². The van der Waals surface area contributed by atoms with Gasteiger partial charge in [0.2, 0.25) is 0 Å². The Hall–Kier alpha value is -1.61. The van der Waals surface area contributed by atoms with Crippen molar-refractivity contribution in [1.82, 2.24) is 19.5 Å². The Labute approximate surface area is 114 Å². The molecule has 1 saturated heterocycles. The molecule has 8 heteroatoms. The first-order valence-electron chi connectivity index (χ1n) is 6.34. The van der Waals surface area contributed by atoms with E-state index in [0.29, 0.717) is 16.9 Å². The average molecular weight is 280 g/mol. The average Bonchev–Trinajstić information content (AvgIpc) is 2.86. The van der Waals surface area contributed by atoms with Crippen molar-refractivity contribution in [3.63, 3.8) is 0 Å². The molecule has 0 aliphatic carbocycles. The molecule has 0 bridgehead atoms.